The molecule has 1 aliphatic rings. The number of thiazole rings is 1. The van der Waals surface area contributed by atoms with E-state index in [4.69, 9.17) is 4.98 Å². The topological polar surface area (TPSA) is 68.5 Å². The van der Waals surface area contributed by atoms with E-state index in [2.05, 4.69) is 37.9 Å². The van der Waals surface area contributed by atoms with Crippen LogP contribution in [0.3, 0.4) is 0 Å². The molecule has 6 nitrogen and oxygen atoms in total. The predicted octanol–water partition coefficient (Wildman–Crippen LogP) is 4.62. The molecular weight excluding hydrogens is 356 g/mol. The lowest BCUT2D eigenvalue weighted by atomic mass is 10.2. The molecule has 7 heteroatoms. The highest BCUT2D eigenvalue weighted by Crippen LogP contribution is 2.31. The number of benzene rings is 1. The molecule has 3 heterocycles. The number of rotatable bonds is 6. The molecule has 5 rings (SSSR count). The van der Waals surface area contributed by atoms with E-state index in [1.807, 2.05) is 41.3 Å². The van der Waals surface area contributed by atoms with Crippen molar-refractivity contribution in [2.24, 2.45) is 5.92 Å². The summed E-state index contributed by atoms with van der Waals surface area (Å²) in [6, 6.07) is 12.0. The van der Waals surface area contributed by atoms with Gasteiger partial charge in [0.1, 0.15) is 10.7 Å². The smallest absolute Gasteiger partial charge is 0.227 e. The highest BCUT2D eigenvalue weighted by atomic mass is 32.1. The van der Waals surface area contributed by atoms with Crippen LogP contribution in [0, 0.1) is 5.92 Å². The van der Waals surface area contributed by atoms with Crippen LogP contribution >= 0.6 is 11.3 Å². The minimum Gasteiger partial charge on any atom is -0.321 e. The molecule has 0 aliphatic heterocycles. The first-order chi connectivity index (χ1) is 13.3. The fraction of sp³-hybridized carbons (Fsp3) is 0.200. The zero-order valence-electron chi connectivity index (χ0n) is 14.6. The van der Waals surface area contributed by atoms with Gasteiger partial charge in [0, 0.05) is 29.9 Å². The zero-order valence-corrected chi connectivity index (χ0v) is 15.4. The molecule has 1 aromatic carbocycles. The molecule has 1 aliphatic carbocycles. The van der Waals surface area contributed by atoms with Crippen molar-refractivity contribution in [3.63, 3.8) is 0 Å². The van der Waals surface area contributed by atoms with E-state index in [0.29, 0.717) is 5.95 Å². The van der Waals surface area contributed by atoms with Gasteiger partial charge in [0.2, 0.25) is 5.95 Å². The van der Waals surface area contributed by atoms with E-state index < -0.39 is 0 Å². The summed E-state index contributed by atoms with van der Waals surface area (Å²) in [4.78, 5) is 13.7. The van der Waals surface area contributed by atoms with Gasteiger partial charge in [-0.15, -0.1) is 11.3 Å². The van der Waals surface area contributed by atoms with Crippen LogP contribution in [0.25, 0.3) is 22.0 Å². The van der Waals surface area contributed by atoms with Crippen LogP contribution in [0.15, 0.2) is 60.4 Å². The molecule has 3 aromatic heterocycles. The first-order valence-corrected chi connectivity index (χ1v) is 9.85. The SMILES string of the molecule is c1ccc(-c2csc(-c3ccnc(Nc4cnn(CC5CC5)c4)n3)n2)cc1. The Kier molecular flexibility index (Phi) is 4.14. The van der Waals surface area contributed by atoms with Crippen molar-refractivity contribution >= 4 is 23.0 Å². The van der Waals surface area contributed by atoms with Crippen LogP contribution in [0.1, 0.15) is 12.8 Å². The summed E-state index contributed by atoms with van der Waals surface area (Å²) in [5.74, 6) is 1.34. The molecule has 27 heavy (non-hydrogen) atoms. The number of nitrogens with zero attached hydrogens (tertiary/aromatic N) is 5. The Morgan fingerprint density at radius 1 is 1.07 bits per heavy atom. The van der Waals surface area contributed by atoms with E-state index in [1.165, 1.54) is 12.8 Å². The second-order valence-corrected chi connectivity index (χ2v) is 7.55. The van der Waals surface area contributed by atoms with Gasteiger partial charge in [-0.3, -0.25) is 4.68 Å². The summed E-state index contributed by atoms with van der Waals surface area (Å²) < 4.78 is 1.98. The Balaban J connectivity index is 1.34. The minimum absolute atomic E-state index is 0.551. The molecule has 0 atom stereocenters. The summed E-state index contributed by atoms with van der Waals surface area (Å²) >= 11 is 1.58. The van der Waals surface area contributed by atoms with Gasteiger partial charge in [0.25, 0.3) is 0 Å². The summed E-state index contributed by atoms with van der Waals surface area (Å²) in [6.45, 7) is 0.990. The third-order valence-electron chi connectivity index (χ3n) is 4.48. The minimum atomic E-state index is 0.551. The van der Waals surface area contributed by atoms with E-state index in [1.54, 1.807) is 17.5 Å². The molecular formula is C20H18N6S. The van der Waals surface area contributed by atoms with Gasteiger partial charge < -0.3 is 5.32 Å². The Bertz CT molecular complexity index is 1050. The molecule has 0 saturated heterocycles. The summed E-state index contributed by atoms with van der Waals surface area (Å²) in [5, 5.41) is 10.6. The van der Waals surface area contributed by atoms with Crippen molar-refractivity contribution in [3.05, 3.63) is 60.4 Å². The number of aromatic nitrogens is 5. The predicted molar refractivity (Wildman–Crippen MR) is 107 cm³/mol. The van der Waals surface area contributed by atoms with Crippen LogP contribution in [0.5, 0.6) is 0 Å². The molecule has 1 saturated carbocycles. The number of nitrogens with one attached hydrogen (secondary N) is 1. The van der Waals surface area contributed by atoms with Crippen molar-refractivity contribution in [1.82, 2.24) is 24.7 Å². The fourth-order valence-electron chi connectivity index (χ4n) is 2.89. The van der Waals surface area contributed by atoms with Crippen LogP contribution < -0.4 is 5.32 Å². The van der Waals surface area contributed by atoms with E-state index >= 15 is 0 Å². The second-order valence-electron chi connectivity index (χ2n) is 6.69. The maximum Gasteiger partial charge on any atom is 0.227 e. The average molecular weight is 374 g/mol. The van der Waals surface area contributed by atoms with Crippen molar-refractivity contribution in [2.45, 2.75) is 19.4 Å². The van der Waals surface area contributed by atoms with Crippen LogP contribution in [-0.4, -0.2) is 24.7 Å². The van der Waals surface area contributed by atoms with Crippen LogP contribution in [0.2, 0.25) is 0 Å². The van der Waals surface area contributed by atoms with Crippen molar-refractivity contribution in [2.75, 3.05) is 5.32 Å². The number of hydrogen-bond donors (Lipinski definition) is 1. The van der Waals surface area contributed by atoms with Gasteiger partial charge in [-0.1, -0.05) is 30.3 Å². The first kappa shape index (κ1) is 16.1. The lowest BCUT2D eigenvalue weighted by molar-refractivity contribution is 0.563. The van der Waals surface area contributed by atoms with Gasteiger partial charge in [-0.25, -0.2) is 15.0 Å². The number of anilines is 2. The van der Waals surface area contributed by atoms with E-state index in [-0.39, 0.29) is 0 Å². The van der Waals surface area contributed by atoms with Crippen LogP contribution in [-0.2, 0) is 6.54 Å². The Morgan fingerprint density at radius 2 is 1.96 bits per heavy atom. The van der Waals surface area contributed by atoms with Crippen molar-refractivity contribution in [3.8, 4) is 22.0 Å². The highest BCUT2D eigenvalue weighted by Gasteiger charge is 2.22. The van der Waals surface area contributed by atoms with Crippen molar-refractivity contribution in [1.29, 1.82) is 0 Å². The molecule has 0 unspecified atom stereocenters. The van der Waals surface area contributed by atoms with Gasteiger partial charge in [-0.05, 0) is 24.8 Å². The van der Waals surface area contributed by atoms with Gasteiger partial charge in [0.05, 0.1) is 17.6 Å². The Labute approximate surface area is 161 Å². The molecule has 134 valence electrons. The lowest BCUT2D eigenvalue weighted by Gasteiger charge is -2.03. The van der Waals surface area contributed by atoms with E-state index in [9.17, 15) is 0 Å². The quantitative estimate of drug-likeness (QED) is 0.533. The molecule has 1 fully saturated rings. The summed E-state index contributed by atoms with van der Waals surface area (Å²) in [7, 11) is 0. The Morgan fingerprint density at radius 3 is 2.81 bits per heavy atom. The van der Waals surface area contributed by atoms with Crippen LogP contribution in [0.4, 0.5) is 11.6 Å². The molecule has 0 spiro atoms. The molecule has 0 amide bonds. The molecule has 0 radical (unpaired) electrons. The molecule has 0 bridgehead atoms. The normalized spacial score (nSPS) is 13.6. The Hall–Kier alpha value is -3.06. The monoisotopic (exact) mass is 374 g/mol. The second kappa shape index (κ2) is 6.92. The third-order valence-corrected chi connectivity index (χ3v) is 5.34. The highest BCUT2D eigenvalue weighted by molar-refractivity contribution is 7.13. The largest absolute Gasteiger partial charge is 0.321 e. The maximum absolute atomic E-state index is 4.73. The lowest BCUT2D eigenvalue weighted by Crippen LogP contribution is -2.00. The molecule has 4 aromatic rings. The third kappa shape index (κ3) is 3.73. The summed E-state index contributed by atoms with van der Waals surface area (Å²) in [5.41, 5.74) is 3.78. The fourth-order valence-corrected chi connectivity index (χ4v) is 3.69. The molecule has 1 N–H and O–H groups in total. The number of hydrogen-bond acceptors (Lipinski definition) is 6. The van der Waals surface area contributed by atoms with Gasteiger partial charge >= 0.3 is 0 Å². The zero-order chi connectivity index (χ0) is 18.1. The maximum atomic E-state index is 4.73. The first-order valence-electron chi connectivity index (χ1n) is 8.97. The van der Waals surface area contributed by atoms with Gasteiger partial charge in [0.15, 0.2) is 0 Å². The van der Waals surface area contributed by atoms with E-state index in [0.717, 1.165) is 40.1 Å². The standard InChI is InChI=1S/C20H18N6S/c1-2-4-15(5-3-1)18-13-27-19(24-18)17-8-9-21-20(25-17)23-16-10-22-26(12-16)11-14-6-7-14/h1-5,8-10,12-14H,6-7,11H2,(H,21,23,25). The van der Waals surface area contributed by atoms with Crippen molar-refractivity contribution < 1.29 is 0 Å². The summed E-state index contributed by atoms with van der Waals surface area (Å²) in [6.07, 6.45) is 8.20. The van der Waals surface area contributed by atoms with Gasteiger partial charge in [-0.2, -0.15) is 5.10 Å². The average Bonchev–Trinajstić information content (AvgIpc) is 3.19.